The van der Waals surface area contributed by atoms with Crippen molar-refractivity contribution in [3.8, 4) is 5.75 Å². The van der Waals surface area contributed by atoms with Crippen molar-refractivity contribution in [1.29, 1.82) is 0 Å². The molecule has 8 nitrogen and oxygen atoms in total. The number of nitrogens with one attached hydrogen (secondary N) is 1. The molecule has 1 aliphatic rings. The van der Waals surface area contributed by atoms with Crippen molar-refractivity contribution in [3.63, 3.8) is 0 Å². The Morgan fingerprint density at radius 3 is 3.08 bits per heavy atom. The van der Waals surface area contributed by atoms with Crippen LogP contribution in [0.4, 0.5) is 5.69 Å². The molecule has 1 N–H and O–H groups in total. The number of fused-ring (bicyclic) bond motifs is 2. The normalized spacial score (nSPS) is 14.0. The van der Waals surface area contributed by atoms with Gasteiger partial charge in [0.05, 0.1) is 23.4 Å². The Morgan fingerprint density at radius 2 is 2.23 bits per heavy atom. The quantitative estimate of drug-likeness (QED) is 0.612. The number of rotatable bonds is 4. The highest BCUT2D eigenvalue weighted by Gasteiger charge is 2.26. The molecule has 26 heavy (non-hydrogen) atoms. The number of benzene rings is 1. The fourth-order valence-corrected chi connectivity index (χ4v) is 2.92. The highest BCUT2D eigenvalue weighted by atomic mass is 16.5. The molecule has 1 amide bonds. The molecule has 4 aromatic rings. The highest BCUT2D eigenvalue weighted by molar-refractivity contribution is 6.09. The van der Waals surface area contributed by atoms with E-state index in [1.807, 2.05) is 25.4 Å². The molecular formula is C18H16N6O2. The zero-order chi connectivity index (χ0) is 17.7. The molecule has 3 aromatic heterocycles. The summed E-state index contributed by atoms with van der Waals surface area (Å²) in [4.78, 5) is 17.2. The summed E-state index contributed by atoms with van der Waals surface area (Å²) in [5, 5.41) is 12.4. The van der Waals surface area contributed by atoms with Crippen LogP contribution in [-0.2, 0) is 7.05 Å². The molecule has 1 fully saturated rings. The maximum atomic E-state index is 12.9. The van der Waals surface area contributed by atoms with Crippen molar-refractivity contribution in [1.82, 2.24) is 24.4 Å². The highest BCUT2D eigenvalue weighted by Crippen LogP contribution is 2.32. The zero-order valence-corrected chi connectivity index (χ0v) is 14.1. The van der Waals surface area contributed by atoms with E-state index in [0.717, 1.165) is 23.7 Å². The van der Waals surface area contributed by atoms with E-state index in [9.17, 15) is 4.79 Å². The van der Waals surface area contributed by atoms with Crippen LogP contribution in [-0.4, -0.2) is 36.4 Å². The first kappa shape index (κ1) is 14.9. The maximum Gasteiger partial charge on any atom is 0.259 e. The van der Waals surface area contributed by atoms with E-state index in [4.69, 9.17) is 4.74 Å². The third-order valence-electron chi connectivity index (χ3n) is 4.31. The summed E-state index contributed by atoms with van der Waals surface area (Å²) < 4.78 is 9.29. The molecule has 0 aliphatic heterocycles. The van der Waals surface area contributed by atoms with E-state index in [-0.39, 0.29) is 12.0 Å². The molecule has 1 saturated carbocycles. The molecule has 8 heteroatoms. The van der Waals surface area contributed by atoms with Gasteiger partial charge < -0.3 is 10.1 Å². The van der Waals surface area contributed by atoms with Gasteiger partial charge in [0, 0.05) is 37.1 Å². The minimum atomic E-state index is -0.257. The Kier molecular flexibility index (Phi) is 3.18. The number of anilines is 1. The van der Waals surface area contributed by atoms with Crippen LogP contribution in [0.25, 0.3) is 16.6 Å². The molecule has 0 radical (unpaired) electrons. The van der Waals surface area contributed by atoms with Crippen LogP contribution in [0.2, 0.25) is 0 Å². The van der Waals surface area contributed by atoms with Crippen molar-refractivity contribution < 1.29 is 9.53 Å². The Bertz CT molecular complexity index is 1140. The molecule has 0 spiro atoms. The summed E-state index contributed by atoms with van der Waals surface area (Å²) in [6.07, 6.45) is 9.12. The van der Waals surface area contributed by atoms with Crippen LogP contribution in [0.15, 0.2) is 43.0 Å². The number of ether oxygens (including phenoxy) is 1. The number of aryl methyl sites for hydroxylation is 1. The molecular weight excluding hydrogens is 332 g/mol. The van der Waals surface area contributed by atoms with Gasteiger partial charge in [0.15, 0.2) is 5.65 Å². The first-order chi connectivity index (χ1) is 12.7. The molecule has 0 atom stereocenters. The minimum absolute atomic E-state index is 0.182. The first-order valence-corrected chi connectivity index (χ1v) is 8.41. The molecule has 0 bridgehead atoms. The van der Waals surface area contributed by atoms with Crippen LogP contribution in [0, 0.1) is 0 Å². The molecule has 1 aromatic carbocycles. The molecule has 5 rings (SSSR count). The lowest BCUT2D eigenvalue weighted by atomic mass is 10.1. The second-order valence-electron chi connectivity index (χ2n) is 6.43. The van der Waals surface area contributed by atoms with E-state index in [1.165, 1.54) is 0 Å². The summed E-state index contributed by atoms with van der Waals surface area (Å²) in [7, 11) is 1.85. The van der Waals surface area contributed by atoms with E-state index < -0.39 is 0 Å². The van der Waals surface area contributed by atoms with Crippen LogP contribution in [0.1, 0.15) is 23.2 Å². The van der Waals surface area contributed by atoms with Crippen LogP contribution < -0.4 is 10.1 Å². The van der Waals surface area contributed by atoms with Crippen molar-refractivity contribution in [2.75, 3.05) is 5.32 Å². The molecule has 1 aliphatic carbocycles. The Morgan fingerprint density at radius 1 is 1.35 bits per heavy atom. The lowest BCUT2D eigenvalue weighted by Gasteiger charge is -2.11. The Balaban J connectivity index is 1.54. The summed E-state index contributed by atoms with van der Waals surface area (Å²) in [5.74, 6) is 0.299. The van der Waals surface area contributed by atoms with Crippen LogP contribution >= 0.6 is 0 Å². The SMILES string of the molecule is Cn1cc2cc(C(=O)Nc3cnn4cccnc34)c(OC3CC3)cc2n1. The number of amides is 1. The topological polar surface area (TPSA) is 86.3 Å². The van der Waals surface area contributed by atoms with E-state index in [1.54, 1.807) is 33.9 Å². The minimum Gasteiger partial charge on any atom is -0.490 e. The molecule has 0 unspecified atom stereocenters. The second-order valence-corrected chi connectivity index (χ2v) is 6.43. The first-order valence-electron chi connectivity index (χ1n) is 8.41. The van der Waals surface area contributed by atoms with E-state index >= 15 is 0 Å². The van der Waals surface area contributed by atoms with Gasteiger partial charge in [-0.25, -0.2) is 9.50 Å². The predicted octanol–water partition coefficient (Wildman–Crippen LogP) is 2.41. The molecule has 130 valence electrons. The van der Waals surface area contributed by atoms with Gasteiger partial charge >= 0.3 is 0 Å². The summed E-state index contributed by atoms with van der Waals surface area (Å²) >= 11 is 0. The van der Waals surface area contributed by atoms with Crippen LogP contribution in [0.5, 0.6) is 5.75 Å². The van der Waals surface area contributed by atoms with Gasteiger partial charge in [-0.15, -0.1) is 0 Å². The number of hydrogen-bond acceptors (Lipinski definition) is 5. The van der Waals surface area contributed by atoms with Crippen molar-refractivity contribution in [2.24, 2.45) is 7.05 Å². The number of hydrogen-bond donors (Lipinski definition) is 1. The largest absolute Gasteiger partial charge is 0.490 e. The monoisotopic (exact) mass is 348 g/mol. The van der Waals surface area contributed by atoms with Gasteiger partial charge in [-0.05, 0) is 25.0 Å². The molecule has 3 heterocycles. The van der Waals surface area contributed by atoms with Gasteiger partial charge in [-0.2, -0.15) is 10.2 Å². The summed E-state index contributed by atoms with van der Waals surface area (Å²) in [6.45, 7) is 0. The smallest absolute Gasteiger partial charge is 0.259 e. The predicted molar refractivity (Wildman–Crippen MR) is 95.3 cm³/mol. The average molecular weight is 348 g/mol. The standard InChI is InChI=1S/C18H16N6O2/c1-23-10-11-7-13(16(8-14(11)22-23)26-12-3-4-12)18(25)21-15-9-20-24-6-2-5-19-17(15)24/h2,5-10,12H,3-4H2,1H3,(H,21,25). The van der Waals surface area contributed by atoms with Gasteiger partial charge in [0.2, 0.25) is 0 Å². The molecule has 0 saturated heterocycles. The lowest BCUT2D eigenvalue weighted by Crippen LogP contribution is -2.14. The average Bonchev–Trinajstić information content (AvgIpc) is 3.24. The van der Waals surface area contributed by atoms with Crippen molar-refractivity contribution in [2.45, 2.75) is 18.9 Å². The lowest BCUT2D eigenvalue weighted by molar-refractivity contribution is 0.102. The number of aromatic nitrogens is 5. The fourth-order valence-electron chi connectivity index (χ4n) is 2.92. The maximum absolute atomic E-state index is 12.9. The third kappa shape index (κ3) is 2.55. The number of nitrogens with zero attached hydrogens (tertiary/aromatic N) is 5. The Hall–Kier alpha value is -3.42. The second kappa shape index (κ2) is 5.55. The van der Waals surface area contributed by atoms with Gasteiger partial charge in [0.1, 0.15) is 11.4 Å². The van der Waals surface area contributed by atoms with Crippen LogP contribution in [0.3, 0.4) is 0 Å². The van der Waals surface area contributed by atoms with Crippen molar-refractivity contribution in [3.05, 3.63) is 48.5 Å². The van der Waals surface area contributed by atoms with Gasteiger partial charge in [-0.1, -0.05) is 0 Å². The Labute approximate surface area is 148 Å². The van der Waals surface area contributed by atoms with E-state index in [2.05, 4.69) is 20.5 Å². The van der Waals surface area contributed by atoms with E-state index in [0.29, 0.717) is 22.6 Å². The van der Waals surface area contributed by atoms with Gasteiger partial charge in [-0.3, -0.25) is 9.48 Å². The fraction of sp³-hybridized carbons (Fsp3) is 0.222. The third-order valence-corrected chi connectivity index (χ3v) is 4.31. The zero-order valence-electron chi connectivity index (χ0n) is 14.1. The van der Waals surface area contributed by atoms with Crippen molar-refractivity contribution >= 4 is 28.1 Å². The summed E-state index contributed by atoms with van der Waals surface area (Å²) in [5.41, 5.74) is 2.43. The number of carbonyl (C=O) groups is 1. The van der Waals surface area contributed by atoms with Gasteiger partial charge in [0.25, 0.3) is 5.91 Å². The summed E-state index contributed by atoms with van der Waals surface area (Å²) in [6, 6.07) is 5.43. The number of carbonyl (C=O) groups excluding carboxylic acids is 1.